The second kappa shape index (κ2) is 6.91. The summed E-state index contributed by atoms with van der Waals surface area (Å²) in [5.74, 6) is 2.63. The van der Waals surface area contributed by atoms with E-state index in [0.717, 1.165) is 38.0 Å². The maximum absolute atomic E-state index is 13.4. The van der Waals surface area contributed by atoms with Crippen LogP contribution in [0.2, 0.25) is 0 Å². The number of carbonyl (C=O) groups excluding carboxylic acids is 1. The molecule has 1 amide bonds. The zero-order valence-corrected chi connectivity index (χ0v) is 17.4. The fourth-order valence-electron chi connectivity index (χ4n) is 6.75. The Morgan fingerprint density at radius 3 is 2.54 bits per heavy atom. The molecule has 4 saturated carbocycles. The van der Waals surface area contributed by atoms with Crippen LogP contribution in [0.15, 0.2) is 41.8 Å². The molecule has 0 saturated heterocycles. The van der Waals surface area contributed by atoms with Gasteiger partial charge in [-0.05, 0) is 91.3 Å². The van der Waals surface area contributed by atoms with Gasteiger partial charge in [-0.25, -0.2) is 0 Å². The van der Waals surface area contributed by atoms with Gasteiger partial charge in [0.05, 0.1) is 12.5 Å². The van der Waals surface area contributed by atoms with Gasteiger partial charge >= 0.3 is 0 Å². The van der Waals surface area contributed by atoms with Gasteiger partial charge in [-0.3, -0.25) is 4.79 Å². The number of amides is 1. The van der Waals surface area contributed by atoms with Crippen LogP contribution in [0.1, 0.15) is 49.0 Å². The van der Waals surface area contributed by atoms with E-state index in [0.29, 0.717) is 17.7 Å². The Morgan fingerprint density at radius 1 is 1.14 bits per heavy atom. The molecule has 1 aromatic heterocycles. The van der Waals surface area contributed by atoms with Crippen molar-refractivity contribution in [1.29, 1.82) is 0 Å². The summed E-state index contributed by atoms with van der Waals surface area (Å²) in [7, 11) is 1.72. The molecule has 0 radical (unpaired) electrons. The monoisotopic (exact) mass is 395 g/mol. The maximum Gasteiger partial charge on any atom is 0.226 e. The SMILES string of the molecule is COc1ccc(C23CC4CC(CC(C(=O)NCCc5cccs5)(C4)C2)C3)cc1. The van der Waals surface area contributed by atoms with Crippen molar-refractivity contribution in [3.05, 3.63) is 52.2 Å². The molecule has 4 aliphatic carbocycles. The van der Waals surface area contributed by atoms with Crippen molar-refractivity contribution in [2.24, 2.45) is 17.3 Å². The van der Waals surface area contributed by atoms with Crippen molar-refractivity contribution < 1.29 is 9.53 Å². The molecule has 1 heterocycles. The lowest BCUT2D eigenvalue weighted by Gasteiger charge is -2.61. The number of hydrogen-bond acceptors (Lipinski definition) is 3. The summed E-state index contributed by atoms with van der Waals surface area (Å²) in [6.45, 7) is 0.756. The second-order valence-electron chi connectivity index (χ2n) is 9.34. The molecule has 4 bridgehead atoms. The van der Waals surface area contributed by atoms with Crippen LogP contribution in [-0.2, 0) is 16.6 Å². The largest absolute Gasteiger partial charge is 0.497 e. The molecule has 148 valence electrons. The molecule has 2 atom stereocenters. The van der Waals surface area contributed by atoms with E-state index in [1.807, 2.05) is 0 Å². The molecule has 4 aliphatic rings. The molecule has 2 unspecified atom stereocenters. The molecule has 4 heteroatoms. The first-order chi connectivity index (χ1) is 13.6. The highest BCUT2D eigenvalue weighted by Crippen LogP contribution is 2.65. The predicted molar refractivity (Wildman–Crippen MR) is 113 cm³/mol. The molecule has 0 aliphatic heterocycles. The van der Waals surface area contributed by atoms with Crippen LogP contribution in [0.5, 0.6) is 5.75 Å². The fourth-order valence-corrected chi connectivity index (χ4v) is 7.46. The fraction of sp³-hybridized carbons (Fsp3) is 0.542. The standard InChI is InChI=1S/C24H29NO2S/c1-27-20-6-4-19(5-7-20)23-12-17-11-18(13-23)15-24(14-17,16-23)22(26)25-9-8-21-3-2-10-28-21/h2-7,10,17-18H,8-9,11-16H2,1H3,(H,25,26). The smallest absolute Gasteiger partial charge is 0.226 e. The van der Waals surface area contributed by atoms with Crippen LogP contribution in [0.25, 0.3) is 0 Å². The topological polar surface area (TPSA) is 38.3 Å². The zero-order chi connectivity index (χ0) is 19.2. The molecular weight excluding hydrogens is 366 g/mol. The van der Waals surface area contributed by atoms with Gasteiger partial charge < -0.3 is 10.1 Å². The average Bonchev–Trinajstić information content (AvgIpc) is 3.20. The summed E-state index contributed by atoms with van der Waals surface area (Å²) in [6.07, 6.45) is 7.96. The molecule has 2 aromatic rings. The highest BCUT2D eigenvalue weighted by Gasteiger charge is 2.60. The summed E-state index contributed by atoms with van der Waals surface area (Å²) in [5, 5.41) is 5.42. The Hall–Kier alpha value is -1.81. The van der Waals surface area contributed by atoms with Crippen molar-refractivity contribution in [3.63, 3.8) is 0 Å². The third kappa shape index (κ3) is 3.06. The van der Waals surface area contributed by atoms with Gasteiger partial charge in [0.2, 0.25) is 5.91 Å². The van der Waals surface area contributed by atoms with Gasteiger partial charge in [0.15, 0.2) is 0 Å². The normalized spacial score (nSPS) is 33.0. The van der Waals surface area contributed by atoms with Crippen molar-refractivity contribution in [2.75, 3.05) is 13.7 Å². The number of thiophene rings is 1. The summed E-state index contributed by atoms with van der Waals surface area (Å²) in [4.78, 5) is 14.7. The van der Waals surface area contributed by atoms with Crippen LogP contribution in [0.4, 0.5) is 0 Å². The quantitative estimate of drug-likeness (QED) is 0.751. The number of ether oxygens (including phenoxy) is 1. The number of hydrogen-bond donors (Lipinski definition) is 1. The summed E-state index contributed by atoms with van der Waals surface area (Å²) in [6, 6.07) is 12.9. The summed E-state index contributed by atoms with van der Waals surface area (Å²) < 4.78 is 5.36. The van der Waals surface area contributed by atoms with Gasteiger partial charge in [-0.15, -0.1) is 11.3 Å². The van der Waals surface area contributed by atoms with Gasteiger partial charge in [0, 0.05) is 11.4 Å². The molecule has 1 aromatic carbocycles. The highest BCUT2D eigenvalue weighted by atomic mass is 32.1. The van der Waals surface area contributed by atoms with Gasteiger partial charge in [-0.1, -0.05) is 18.2 Å². The van der Waals surface area contributed by atoms with Crippen molar-refractivity contribution in [1.82, 2.24) is 5.32 Å². The Balaban J connectivity index is 1.35. The third-order valence-corrected chi connectivity index (χ3v) is 8.42. The highest BCUT2D eigenvalue weighted by molar-refractivity contribution is 7.09. The van der Waals surface area contributed by atoms with Crippen LogP contribution in [0, 0.1) is 17.3 Å². The van der Waals surface area contributed by atoms with Crippen LogP contribution in [0.3, 0.4) is 0 Å². The summed E-state index contributed by atoms with van der Waals surface area (Å²) in [5.41, 5.74) is 1.44. The number of rotatable bonds is 6. The lowest BCUT2D eigenvalue weighted by molar-refractivity contribution is -0.149. The third-order valence-electron chi connectivity index (χ3n) is 7.48. The number of carbonyl (C=O) groups is 1. The maximum atomic E-state index is 13.4. The second-order valence-corrected chi connectivity index (χ2v) is 10.4. The van der Waals surface area contributed by atoms with Gasteiger partial charge in [0.25, 0.3) is 0 Å². The van der Waals surface area contributed by atoms with E-state index in [-0.39, 0.29) is 10.8 Å². The van der Waals surface area contributed by atoms with E-state index < -0.39 is 0 Å². The van der Waals surface area contributed by atoms with Crippen LogP contribution in [-0.4, -0.2) is 19.6 Å². The van der Waals surface area contributed by atoms with Crippen molar-refractivity contribution in [3.8, 4) is 5.75 Å². The lowest BCUT2D eigenvalue weighted by atomic mass is 9.42. The predicted octanol–water partition coefficient (Wildman–Crippen LogP) is 4.95. The summed E-state index contributed by atoms with van der Waals surface area (Å²) >= 11 is 1.77. The average molecular weight is 396 g/mol. The van der Waals surface area contributed by atoms with E-state index >= 15 is 0 Å². The minimum atomic E-state index is -0.153. The van der Waals surface area contributed by atoms with Crippen molar-refractivity contribution in [2.45, 2.75) is 50.4 Å². The number of methoxy groups -OCH3 is 1. The van der Waals surface area contributed by atoms with E-state index in [2.05, 4.69) is 47.1 Å². The molecule has 0 spiro atoms. The van der Waals surface area contributed by atoms with E-state index in [9.17, 15) is 4.79 Å². The molecule has 28 heavy (non-hydrogen) atoms. The Bertz CT molecular complexity index is 828. The first kappa shape index (κ1) is 18.2. The van der Waals surface area contributed by atoms with Gasteiger partial charge in [-0.2, -0.15) is 0 Å². The van der Waals surface area contributed by atoms with Gasteiger partial charge in [0.1, 0.15) is 5.75 Å². The zero-order valence-electron chi connectivity index (χ0n) is 16.6. The number of nitrogens with one attached hydrogen (secondary N) is 1. The molecule has 4 fully saturated rings. The minimum absolute atomic E-state index is 0.153. The first-order valence-corrected chi connectivity index (χ1v) is 11.4. The molecule has 3 nitrogen and oxygen atoms in total. The Labute approximate surface area is 171 Å². The first-order valence-electron chi connectivity index (χ1n) is 10.6. The molecule has 1 N–H and O–H groups in total. The molecular formula is C24H29NO2S. The van der Waals surface area contributed by atoms with Crippen molar-refractivity contribution >= 4 is 17.2 Å². The van der Waals surface area contributed by atoms with E-state index in [4.69, 9.17) is 4.74 Å². The van der Waals surface area contributed by atoms with E-state index in [1.54, 1.807) is 18.4 Å². The Morgan fingerprint density at radius 2 is 1.89 bits per heavy atom. The lowest BCUT2D eigenvalue weighted by Crippen LogP contribution is -2.59. The minimum Gasteiger partial charge on any atom is -0.497 e. The van der Waals surface area contributed by atoms with E-state index in [1.165, 1.54) is 29.7 Å². The van der Waals surface area contributed by atoms with Crippen LogP contribution >= 0.6 is 11.3 Å². The Kier molecular flexibility index (Phi) is 4.50. The number of benzene rings is 1. The molecule has 6 rings (SSSR count). The van der Waals surface area contributed by atoms with Crippen LogP contribution < -0.4 is 10.1 Å².